The molecule has 2 aliphatic rings. The first-order valence-corrected chi connectivity index (χ1v) is 9.51. The molecule has 2 aromatic rings. The Hall–Kier alpha value is -2.82. The molecule has 1 heterocycles. The first kappa shape index (κ1) is 17.6. The molecule has 0 bridgehead atoms. The number of rotatable bonds is 4. The molecule has 1 aliphatic heterocycles. The molecule has 1 fully saturated rings. The van der Waals surface area contributed by atoms with Crippen molar-refractivity contribution in [3.63, 3.8) is 0 Å². The molecule has 1 saturated carbocycles. The summed E-state index contributed by atoms with van der Waals surface area (Å²) >= 11 is 0. The topological polar surface area (TPSA) is 49.9 Å². The monoisotopic (exact) mass is 364 g/mol. The fourth-order valence-electron chi connectivity index (χ4n) is 3.64. The number of anilines is 2. The largest absolute Gasteiger partial charge is 0.497 e. The van der Waals surface area contributed by atoms with E-state index in [0.29, 0.717) is 19.5 Å². The second kappa shape index (κ2) is 7.43. The van der Waals surface area contributed by atoms with Gasteiger partial charge in [0.25, 0.3) is 0 Å². The number of hydrogen-bond donors (Lipinski definition) is 0. The van der Waals surface area contributed by atoms with Gasteiger partial charge in [-0.3, -0.25) is 9.59 Å². The summed E-state index contributed by atoms with van der Waals surface area (Å²) < 4.78 is 5.26. The van der Waals surface area contributed by atoms with Gasteiger partial charge < -0.3 is 14.5 Å². The van der Waals surface area contributed by atoms with E-state index in [-0.39, 0.29) is 17.7 Å². The van der Waals surface area contributed by atoms with Crippen LogP contribution in [-0.2, 0) is 16.0 Å². The molecule has 0 spiro atoms. The predicted molar refractivity (Wildman–Crippen MR) is 105 cm³/mol. The highest BCUT2D eigenvalue weighted by atomic mass is 16.5. The molecule has 0 radical (unpaired) electrons. The third-order valence-electron chi connectivity index (χ3n) is 5.21. The van der Waals surface area contributed by atoms with Crippen LogP contribution in [0.2, 0.25) is 0 Å². The first-order valence-electron chi connectivity index (χ1n) is 9.51. The molecule has 5 heteroatoms. The number of amides is 2. The maximum absolute atomic E-state index is 13.1. The average Bonchev–Trinajstić information content (AvgIpc) is 3.54. The van der Waals surface area contributed by atoms with Crippen molar-refractivity contribution in [3.05, 3.63) is 54.1 Å². The molecule has 0 aromatic heterocycles. The number of hydrogen-bond acceptors (Lipinski definition) is 3. The van der Waals surface area contributed by atoms with Gasteiger partial charge >= 0.3 is 0 Å². The second-order valence-corrected chi connectivity index (χ2v) is 7.18. The lowest BCUT2D eigenvalue weighted by atomic mass is 10.1. The summed E-state index contributed by atoms with van der Waals surface area (Å²) in [7, 11) is 1.62. The Morgan fingerprint density at radius 3 is 2.41 bits per heavy atom. The number of carbonyl (C=O) groups excluding carboxylic acids is 2. The smallest absolute Gasteiger partial charge is 0.231 e. The van der Waals surface area contributed by atoms with Crippen LogP contribution in [0.1, 0.15) is 24.8 Å². The molecule has 0 atom stereocenters. The van der Waals surface area contributed by atoms with Crippen molar-refractivity contribution in [1.82, 2.24) is 0 Å². The summed E-state index contributed by atoms with van der Waals surface area (Å²) in [4.78, 5) is 29.5. The van der Waals surface area contributed by atoms with Crippen molar-refractivity contribution in [2.24, 2.45) is 5.92 Å². The van der Waals surface area contributed by atoms with Gasteiger partial charge in [-0.15, -0.1) is 0 Å². The maximum Gasteiger partial charge on any atom is 0.231 e. The van der Waals surface area contributed by atoms with E-state index in [1.807, 2.05) is 58.3 Å². The van der Waals surface area contributed by atoms with Crippen LogP contribution in [0.15, 0.2) is 48.5 Å². The van der Waals surface area contributed by atoms with Crippen LogP contribution < -0.4 is 14.5 Å². The summed E-state index contributed by atoms with van der Waals surface area (Å²) in [5.74, 6) is 1.15. The van der Waals surface area contributed by atoms with Gasteiger partial charge in [-0.25, -0.2) is 0 Å². The zero-order valence-corrected chi connectivity index (χ0v) is 15.6. The molecule has 5 nitrogen and oxygen atoms in total. The lowest BCUT2D eigenvalue weighted by Gasteiger charge is -2.25. The minimum atomic E-state index is 0.0384. The number of nitrogens with zero attached hydrogens (tertiary/aromatic N) is 2. The van der Waals surface area contributed by atoms with Crippen molar-refractivity contribution in [1.29, 1.82) is 0 Å². The molecule has 0 N–H and O–H groups in total. The zero-order valence-electron chi connectivity index (χ0n) is 15.6. The maximum atomic E-state index is 13.1. The van der Waals surface area contributed by atoms with Gasteiger partial charge in [0.2, 0.25) is 11.8 Å². The summed E-state index contributed by atoms with van der Waals surface area (Å²) in [6.45, 7) is 1.28. The van der Waals surface area contributed by atoms with E-state index in [1.165, 1.54) is 0 Å². The standard InChI is InChI=1S/C22H24N2O3/c1-27-18-7-4-6-16(14-18)15-21(25)23-12-5-13-24(22(26)17-10-11-17)20-9-3-2-8-19(20)23/h2-4,6-9,14,17H,5,10-13,15H2,1H3. The van der Waals surface area contributed by atoms with Gasteiger partial charge in [0, 0.05) is 19.0 Å². The molecule has 1 aliphatic carbocycles. The Morgan fingerprint density at radius 1 is 1.00 bits per heavy atom. The Kier molecular flexibility index (Phi) is 4.84. The van der Waals surface area contributed by atoms with Gasteiger partial charge in [-0.2, -0.15) is 0 Å². The van der Waals surface area contributed by atoms with Crippen molar-refractivity contribution < 1.29 is 14.3 Å². The van der Waals surface area contributed by atoms with Crippen LogP contribution in [0, 0.1) is 5.92 Å². The van der Waals surface area contributed by atoms with Gasteiger partial charge in [0.05, 0.1) is 24.9 Å². The number of para-hydroxylation sites is 2. The van der Waals surface area contributed by atoms with Crippen LogP contribution in [0.3, 0.4) is 0 Å². The van der Waals surface area contributed by atoms with Gasteiger partial charge in [-0.1, -0.05) is 24.3 Å². The van der Waals surface area contributed by atoms with Crippen LogP contribution in [-0.4, -0.2) is 32.0 Å². The van der Waals surface area contributed by atoms with Gasteiger partial charge in [0.1, 0.15) is 5.75 Å². The number of benzene rings is 2. The summed E-state index contributed by atoms with van der Waals surface area (Å²) in [5, 5.41) is 0. The fraction of sp³-hybridized carbons (Fsp3) is 0.364. The third-order valence-corrected chi connectivity index (χ3v) is 5.21. The van der Waals surface area contributed by atoms with E-state index in [0.717, 1.165) is 42.0 Å². The van der Waals surface area contributed by atoms with E-state index >= 15 is 0 Å². The highest BCUT2D eigenvalue weighted by molar-refractivity contribution is 6.04. The van der Waals surface area contributed by atoms with Gasteiger partial charge in [0.15, 0.2) is 0 Å². The normalized spacial score (nSPS) is 16.5. The Bertz CT molecular complexity index is 860. The van der Waals surface area contributed by atoms with E-state index in [4.69, 9.17) is 4.74 Å². The van der Waals surface area contributed by atoms with Crippen molar-refractivity contribution in [2.45, 2.75) is 25.7 Å². The Labute approximate surface area is 159 Å². The molecule has 2 aromatic carbocycles. The summed E-state index contributed by atoms with van der Waals surface area (Å²) in [6.07, 6.45) is 3.05. The van der Waals surface area contributed by atoms with Crippen molar-refractivity contribution >= 4 is 23.2 Å². The molecule has 2 amide bonds. The number of carbonyl (C=O) groups is 2. The highest BCUT2D eigenvalue weighted by Crippen LogP contribution is 2.38. The average molecular weight is 364 g/mol. The first-order chi connectivity index (χ1) is 13.2. The number of ether oxygens (including phenoxy) is 1. The molecule has 27 heavy (non-hydrogen) atoms. The molecule has 0 unspecified atom stereocenters. The highest BCUT2D eigenvalue weighted by Gasteiger charge is 2.36. The minimum Gasteiger partial charge on any atom is -0.497 e. The fourth-order valence-corrected chi connectivity index (χ4v) is 3.64. The van der Waals surface area contributed by atoms with Crippen LogP contribution >= 0.6 is 0 Å². The SMILES string of the molecule is COc1cccc(CC(=O)N2CCCN(C(=O)C3CC3)c3ccccc32)c1. The van der Waals surface area contributed by atoms with E-state index in [9.17, 15) is 9.59 Å². The lowest BCUT2D eigenvalue weighted by Crippen LogP contribution is -2.33. The molecule has 140 valence electrons. The number of methoxy groups -OCH3 is 1. The molecular weight excluding hydrogens is 340 g/mol. The van der Waals surface area contributed by atoms with E-state index < -0.39 is 0 Å². The third kappa shape index (κ3) is 3.68. The van der Waals surface area contributed by atoms with Crippen LogP contribution in [0.4, 0.5) is 11.4 Å². The molecular formula is C22H24N2O3. The Balaban J connectivity index is 1.60. The zero-order chi connectivity index (χ0) is 18.8. The van der Waals surface area contributed by atoms with Crippen molar-refractivity contribution in [3.8, 4) is 5.75 Å². The summed E-state index contributed by atoms with van der Waals surface area (Å²) in [5.41, 5.74) is 2.61. The number of fused-ring (bicyclic) bond motifs is 1. The minimum absolute atomic E-state index is 0.0384. The Morgan fingerprint density at radius 2 is 1.70 bits per heavy atom. The van der Waals surface area contributed by atoms with Crippen LogP contribution in [0.5, 0.6) is 5.75 Å². The molecule has 0 saturated heterocycles. The lowest BCUT2D eigenvalue weighted by molar-refractivity contribution is -0.120. The predicted octanol–water partition coefficient (Wildman–Crippen LogP) is 3.42. The van der Waals surface area contributed by atoms with E-state index in [1.54, 1.807) is 7.11 Å². The van der Waals surface area contributed by atoms with Crippen molar-refractivity contribution in [2.75, 3.05) is 30.0 Å². The van der Waals surface area contributed by atoms with Crippen LogP contribution in [0.25, 0.3) is 0 Å². The van der Waals surface area contributed by atoms with E-state index in [2.05, 4.69) is 0 Å². The van der Waals surface area contributed by atoms with Gasteiger partial charge in [-0.05, 0) is 49.1 Å². The second-order valence-electron chi connectivity index (χ2n) is 7.18. The molecule has 4 rings (SSSR count). The summed E-state index contributed by atoms with van der Waals surface area (Å²) in [6, 6.07) is 15.4. The quantitative estimate of drug-likeness (QED) is 0.835.